The highest BCUT2D eigenvalue weighted by molar-refractivity contribution is 6.99. The van der Waals surface area contributed by atoms with Gasteiger partial charge < -0.3 is 4.43 Å². The Kier molecular flexibility index (Phi) is 5.60. The number of hydrogen-bond acceptors (Lipinski definition) is 1. The summed E-state index contributed by atoms with van der Waals surface area (Å²) in [7, 11) is -2.36. The standard InChI is InChI=1S/C23H30OSi/c1-23(2,3)25(21-15-9-5-10-16-21,22-17-11-6-12-18-22)24-19-20-13-7-4-8-14-20/h4-7,9-12,15-18,20H,8,13-14,19H2,1-3H3. The SMILES string of the molecule is CC(C)(C)[Si](OCC1CC=CCC1)(c1ccccc1)c1ccccc1. The van der Waals surface area contributed by atoms with Crippen molar-refractivity contribution in [2.24, 2.45) is 5.92 Å². The summed E-state index contributed by atoms with van der Waals surface area (Å²) in [5, 5.41) is 2.82. The van der Waals surface area contributed by atoms with Crippen LogP contribution in [0.15, 0.2) is 72.8 Å². The maximum atomic E-state index is 7.01. The van der Waals surface area contributed by atoms with E-state index in [-0.39, 0.29) is 5.04 Å². The molecule has 2 heteroatoms. The van der Waals surface area contributed by atoms with E-state index in [1.54, 1.807) is 0 Å². The van der Waals surface area contributed by atoms with E-state index in [0.717, 1.165) is 13.0 Å². The van der Waals surface area contributed by atoms with Gasteiger partial charge in [-0.05, 0) is 40.6 Å². The molecule has 2 aromatic carbocycles. The maximum Gasteiger partial charge on any atom is 0.261 e. The molecule has 132 valence electrons. The molecule has 2 aromatic rings. The predicted octanol–water partition coefficient (Wildman–Crippen LogP) is 4.92. The van der Waals surface area contributed by atoms with Crippen LogP contribution in [0.3, 0.4) is 0 Å². The molecule has 0 radical (unpaired) electrons. The van der Waals surface area contributed by atoms with Crippen LogP contribution in [-0.2, 0) is 4.43 Å². The third kappa shape index (κ3) is 3.80. The van der Waals surface area contributed by atoms with Gasteiger partial charge in [-0.1, -0.05) is 93.6 Å². The fourth-order valence-corrected chi connectivity index (χ4v) is 8.65. The second-order valence-corrected chi connectivity index (χ2v) is 12.4. The van der Waals surface area contributed by atoms with Gasteiger partial charge in [0.25, 0.3) is 8.32 Å². The van der Waals surface area contributed by atoms with Crippen LogP contribution in [0.2, 0.25) is 5.04 Å². The lowest BCUT2D eigenvalue weighted by atomic mass is 9.96. The van der Waals surface area contributed by atoms with E-state index in [2.05, 4.69) is 93.6 Å². The van der Waals surface area contributed by atoms with E-state index >= 15 is 0 Å². The Balaban J connectivity index is 2.03. The van der Waals surface area contributed by atoms with Gasteiger partial charge in [-0.15, -0.1) is 0 Å². The van der Waals surface area contributed by atoms with Crippen LogP contribution in [0, 0.1) is 5.92 Å². The van der Waals surface area contributed by atoms with Gasteiger partial charge in [0.15, 0.2) is 0 Å². The first-order chi connectivity index (χ1) is 12.0. The zero-order valence-electron chi connectivity index (χ0n) is 15.7. The van der Waals surface area contributed by atoms with Crippen molar-refractivity contribution in [2.45, 2.75) is 45.1 Å². The smallest absolute Gasteiger partial charge is 0.261 e. The van der Waals surface area contributed by atoms with E-state index in [4.69, 9.17) is 4.43 Å². The van der Waals surface area contributed by atoms with Gasteiger partial charge >= 0.3 is 0 Å². The molecule has 1 atom stereocenters. The molecule has 0 aromatic heterocycles. The summed E-state index contributed by atoms with van der Waals surface area (Å²) in [6.07, 6.45) is 8.21. The third-order valence-electron chi connectivity index (χ3n) is 5.33. The summed E-state index contributed by atoms with van der Waals surface area (Å²) < 4.78 is 7.01. The maximum absolute atomic E-state index is 7.01. The summed E-state index contributed by atoms with van der Waals surface area (Å²) in [6.45, 7) is 7.90. The van der Waals surface area contributed by atoms with E-state index in [0.29, 0.717) is 5.92 Å². The molecule has 1 unspecified atom stereocenters. The molecule has 0 spiro atoms. The molecular formula is C23H30OSi. The number of rotatable bonds is 5. The Bertz CT molecular complexity index is 646. The monoisotopic (exact) mass is 350 g/mol. The Hall–Kier alpha value is -1.64. The van der Waals surface area contributed by atoms with Crippen molar-refractivity contribution >= 4 is 18.7 Å². The summed E-state index contributed by atoms with van der Waals surface area (Å²) in [5.41, 5.74) is 0. The first kappa shape index (κ1) is 18.2. The molecule has 1 aliphatic rings. The van der Waals surface area contributed by atoms with Crippen LogP contribution >= 0.6 is 0 Å². The zero-order chi connectivity index (χ0) is 17.8. The van der Waals surface area contributed by atoms with Gasteiger partial charge in [0, 0.05) is 6.61 Å². The lowest BCUT2D eigenvalue weighted by Crippen LogP contribution is -2.66. The van der Waals surface area contributed by atoms with E-state index < -0.39 is 8.32 Å². The minimum atomic E-state index is -2.36. The Morgan fingerprint density at radius 1 is 0.880 bits per heavy atom. The van der Waals surface area contributed by atoms with Crippen LogP contribution in [-0.4, -0.2) is 14.9 Å². The van der Waals surface area contributed by atoms with Crippen molar-refractivity contribution in [2.75, 3.05) is 6.61 Å². The van der Waals surface area contributed by atoms with Crippen LogP contribution in [0.1, 0.15) is 40.0 Å². The summed E-state index contributed by atoms with van der Waals surface area (Å²) in [5.74, 6) is 0.645. The Morgan fingerprint density at radius 3 is 1.88 bits per heavy atom. The van der Waals surface area contributed by atoms with E-state index in [1.807, 2.05) is 0 Å². The molecule has 1 aliphatic carbocycles. The van der Waals surface area contributed by atoms with Crippen molar-refractivity contribution in [1.29, 1.82) is 0 Å². The molecule has 25 heavy (non-hydrogen) atoms. The largest absolute Gasteiger partial charge is 0.407 e. The normalized spacial score (nSPS) is 18.3. The van der Waals surface area contributed by atoms with Crippen LogP contribution in [0.4, 0.5) is 0 Å². The third-order valence-corrected chi connectivity index (χ3v) is 10.3. The van der Waals surface area contributed by atoms with Gasteiger partial charge in [-0.2, -0.15) is 0 Å². The molecule has 0 saturated carbocycles. The second-order valence-electron chi connectivity index (χ2n) is 8.12. The predicted molar refractivity (Wildman–Crippen MR) is 110 cm³/mol. The van der Waals surface area contributed by atoms with E-state index in [1.165, 1.54) is 23.2 Å². The lowest BCUT2D eigenvalue weighted by Gasteiger charge is -2.43. The van der Waals surface area contributed by atoms with Gasteiger partial charge in [0.05, 0.1) is 0 Å². The van der Waals surface area contributed by atoms with Gasteiger partial charge in [0.1, 0.15) is 0 Å². The fraction of sp³-hybridized carbons (Fsp3) is 0.391. The zero-order valence-corrected chi connectivity index (χ0v) is 16.7. The van der Waals surface area contributed by atoms with Crippen molar-refractivity contribution in [3.8, 4) is 0 Å². The quantitative estimate of drug-likeness (QED) is 0.549. The van der Waals surface area contributed by atoms with Gasteiger partial charge in [0.2, 0.25) is 0 Å². The minimum absolute atomic E-state index is 0.0697. The molecule has 0 saturated heterocycles. The van der Waals surface area contributed by atoms with Crippen molar-refractivity contribution < 1.29 is 4.43 Å². The van der Waals surface area contributed by atoms with Crippen LogP contribution in [0.25, 0.3) is 0 Å². The molecule has 3 rings (SSSR count). The first-order valence-electron chi connectivity index (χ1n) is 9.44. The average molecular weight is 351 g/mol. The number of benzene rings is 2. The highest BCUT2D eigenvalue weighted by atomic mass is 28.4. The van der Waals surface area contributed by atoms with Crippen LogP contribution < -0.4 is 10.4 Å². The molecule has 0 aliphatic heterocycles. The first-order valence-corrected chi connectivity index (χ1v) is 11.3. The molecule has 0 amide bonds. The molecule has 0 heterocycles. The number of hydrogen-bond donors (Lipinski definition) is 0. The summed E-state index contributed by atoms with van der Waals surface area (Å²) >= 11 is 0. The Morgan fingerprint density at radius 2 is 1.44 bits per heavy atom. The topological polar surface area (TPSA) is 9.23 Å². The van der Waals surface area contributed by atoms with Gasteiger partial charge in [-0.3, -0.25) is 0 Å². The molecule has 0 fully saturated rings. The van der Waals surface area contributed by atoms with Crippen molar-refractivity contribution in [3.05, 3.63) is 72.8 Å². The van der Waals surface area contributed by atoms with Gasteiger partial charge in [-0.25, -0.2) is 0 Å². The van der Waals surface area contributed by atoms with Crippen LogP contribution in [0.5, 0.6) is 0 Å². The fourth-order valence-electron chi connectivity index (χ4n) is 4.01. The molecular weight excluding hydrogens is 320 g/mol. The highest BCUT2D eigenvalue weighted by Gasteiger charge is 2.50. The minimum Gasteiger partial charge on any atom is -0.407 e. The average Bonchev–Trinajstić information content (AvgIpc) is 2.64. The molecule has 0 bridgehead atoms. The molecule has 0 N–H and O–H groups in total. The lowest BCUT2D eigenvalue weighted by molar-refractivity contribution is 0.226. The summed E-state index contributed by atoms with van der Waals surface area (Å²) in [4.78, 5) is 0. The second kappa shape index (κ2) is 7.71. The Labute approximate surface area is 153 Å². The van der Waals surface area contributed by atoms with E-state index in [9.17, 15) is 0 Å². The molecule has 1 nitrogen and oxygen atoms in total. The van der Waals surface area contributed by atoms with Crippen molar-refractivity contribution in [3.63, 3.8) is 0 Å². The summed E-state index contributed by atoms with van der Waals surface area (Å²) in [6, 6.07) is 21.9. The highest BCUT2D eigenvalue weighted by Crippen LogP contribution is 2.37. The number of allylic oxidation sites excluding steroid dienone is 2. The van der Waals surface area contributed by atoms with Crippen molar-refractivity contribution in [1.82, 2.24) is 0 Å².